The van der Waals surface area contributed by atoms with Gasteiger partial charge in [0.25, 0.3) is 0 Å². The lowest BCUT2D eigenvalue weighted by atomic mass is 9.86. The fourth-order valence-corrected chi connectivity index (χ4v) is 2.38. The summed E-state index contributed by atoms with van der Waals surface area (Å²) in [5, 5.41) is 13.2. The summed E-state index contributed by atoms with van der Waals surface area (Å²) in [6.45, 7) is 0.855. The number of hydrogen-bond donors (Lipinski definition) is 2. The third-order valence-corrected chi connectivity index (χ3v) is 3.53. The van der Waals surface area contributed by atoms with E-state index in [1.165, 1.54) is 12.8 Å². The zero-order chi connectivity index (χ0) is 12.1. The summed E-state index contributed by atoms with van der Waals surface area (Å²) in [6, 6.07) is 7.90. The number of anilines is 1. The van der Waals surface area contributed by atoms with E-state index in [0.717, 1.165) is 30.8 Å². The van der Waals surface area contributed by atoms with E-state index in [1.54, 1.807) is 7.11 Å². The molecule has 3 nitrogen and oxygen atoms in total. The largest absolute Gasteiger partial charge is 0.497 e. The van der Waals surface area contributed by atoms with Gasteiger partial charge in [-0.05, 0) is 37.1 Å². The first-order valence-electron chi connectivity index (χ1n) is 6.35. The van der Waals surface area contributed by atoms with Gasteiger partial charge in [0.15, 0.2) is 0 Å². The number of nitrogens with one attached hydrogen (secondary N) is 1. The molecule has 1 saturated carbocycles. The van der Waals surface area contributed by atoms with Crippen molar-refractivity contribution in [3.63, 3.8) is 0 Å². The Labute approximate surface area is 103 Å². The number of methoxy groups -OCH3 is 1. The Kier molecular flexibility index (Phi) is 4.26. The van der Waals surface area contributed by atoms with Crippen molar-refractivity contribution in [2.45, 2.75) is 31.8 Å². The van der Waals surface area contributed by atoms with Crippen molar-refractivity contribution in [2.24, 2.45) is 5.92 Å². The summed E-state index contributed by atoms with van der Waals surface area (Å²) in [4.78, 5) is 0. The molecule has 0 unspecified atom stereocenters. The van der Waals surface area contributed by atoms with Crippen LogP contribution in [0.25, 0.3) is 0 Å². The van der Waals surface area contributed by atoms with Gasteiger partial charge in [0, 0.05) is 18.2 Å². The normalized spacial score (nSPS) is 24.4. The highest BCUT2D eigenvalue weighted by molar-refractivity contribution is 5.46. The quantitative estimate of drug-likeness (QED) is 0.843. The molecule has 2 rings (SSSR count). The Morgan fingerprint density at radius 3 is 2.59 bits per heavy atom. The summed E-state index contributed by atoms with van der Waals surface area (Å²) in [5.74, 6) is 1.26. The van der Waals surface area contributed by atoms with Crippen LogP contribution in [0.3, 0.4) is 0 Å². The monoisotopic (exact) mass is 235 g/mol. The van der Waals surface area contributed by atoms with E-state index in [9.17, 15) is 5.11 Å². The van der Waals surface area contributed by atoms with Crippen LogP contribution in [0.4, 0.5) is 5.69 Å². The van der Waals surface area contributed by atoms with Gasteiger partial charge in [-0.1, -0.05) is 12.8 Å². The fourth-order valence-electron chi connectivity index (χ4n) is 2.38. The third-order valence-electron chi connectivity index (χ3n) is 3.53. The Bertz CT molecular complexity index is 337. The second-order valence-electron chi connectivity index (χ2n) is 4.72. The molecule has 1 aliphatic carbocycles. The summed E-state index contributed by atoms with van der Waals surface area (Å²) < 4.78 is 5.11. The minimum Gasteiger partial charge on any atom is -0.497 e. The van der Waals surface area contributed by atoms with Crippen molar-refractivity contribution in [3.8, 4) is 5.75 Å². The van der Waals surface area contributed by atoms with Crippen molar-refractivity contribution in [3.05, 3.63) is 24.3 Å². The molecule has 0 spiro atoms. The average Bonchev–Trinajstić information content (AvgIpc) is 2.38. The summed E-state index contributed by atoms with van der Waals surface area (Å²) >= 11 is 0. The van der Waals surface area contributed by atoms with Crippen molar-refractivity contribution in [1.82, 2.24) is 0 Å². The average molecular weight is 235 g/mol. The Morgan fingerprint density at radius 1 is 1.24 bits per heavy atom. The molecule has 1 aromatic rings. The first-order valence-corrected chi connectivity index (χ1v) is 6.35. The molecule has 1 aromatic carbocycles. The van der Waals surface area contributed by atoms with Crippen LogP contribution in [0.15, 0.2) is 24.3 Å². The van der Waals surface area contributed by atoms with Crippen LogP contribution in [-0.2, 0) is 0 Å². The van der Waals surface area contributed by atoms with Gasteiger partial charge in [0.05, 0.1) is 13.2 Å². The molecule has 0 amide bonds. The second-order valence-corrected chi connectivity index (χ2v) is 4.72. The van der Waals surface area contributed by atoms with Gasteiger partial charge in [-0.25, -0.2) is 0 Å². The Hall–Kier alpha value is -1.22. The lowest BCUT2D eigenvalue weighted by molar-refractivity contribution is 0.0763. The van der Waals surface area contributed by atoms with Crippen LogP contribution >= 0.6 is 0 Å². The highest BCUT2D eigenvalue weighted by atomic mass is 16.5. The lowest BCUT2D eigenvalue weighted by Crippen LogP contribution is -2.30. The van der Waals surface area contributed by atoms with Gasteiger partial charge >= 0.3 is 0 Å². The van der Waals surface area contributed by atoms with E-state index >= 15 is 0 Å². The van der Waals surface area contributed by atoms with E-state index in [4.69, 9.17) is 4.74 Å². The fraction of sp³-hybridized carbons (Fsp3) is 0.571. The maximum absolute atomic E-state index is 9.87. The number of rotatable bonds is 4. The first-order chi connectivity index (χ1) is 8.29. The van der Waals surface area contributed by atoms with Gasteiger partial charge in [-0.15, -0.1) is 0 Å². The number of benzene rings is 1. The number of hydrogen-bond acceptors (Lipinski definition) is 3. The van der Waals surface area contributed by atoms with Gasteiger partial charge in [0.1, 0.15) is 5.75 Å². The van der Waals surface area contributed by atoms with Crippen LogP contribution in [0.2, 0.25) is 0 Å². The summed E-state index contributed by atoms with van der Waals surface area (Å²) in [7, 11) is 1.67. The minimum absolute atomic E-state index is 0.130. The molecule has 2 atom stereocenters. The van der Waals surface area contributed by atoms with Gasteiger partial charge < -0.3 is 15.2 Å². The molecular weight excluding hydrogens is 214 g/mol. The third kappa shape index (κ3) is 3.37. The van der Waals surface area contributed by atoms with E-state index in [1.807, 2.05) is 24.3 Å². The smallest absolute Gasteiger partial charge is 0.119 e. The molecule has 1 aliphatic rings. The van der Waals surface area contributed by atoms with Crippen LogP contribution in [0.1, 0.15) is 25.7 Å². The molecular formula is C14H21NO2. The highest BCUT2D eigenvalue weighted by Crippen LogP contribution is 2.25. The second kappa shape index (κ2) is 5.92. The zero-order valence-electron chi connectivity index (χ0n) is 10.4. The summed E-state index contributed by atoms with van der Waals surface area (Å²) in [6.07, 6.45) is 4.36. The molecule has 94 valence electrons. The molecule has 2 N–H and O–H groups in total. The molecule has 0 bridgehead atoms. The Morgan fingerprint density at radius 2 is 1.94 bits per heavy atom. The number of aliphatic hydroxyl groups excluding tert-OH is 1. The molecule has 3 heteroatoms. The SMILES string of the molecule is COc1ccc(NC[C@@H]2CCCC[C@H]2O)cc1. The molecule has 17 heavy (non-hydrogen) atoms. The van der Waals surface area contributed by atoms with Gasteiger partial charge in [-0.3, -0.25) is 0 Å². The molecule has 0 radical (unpaired) electrons. The van der Waals surface area contributed by atoms with E-state index in [-0.39, 0.29) is 6.10 Å². The van der Waals surface area contributed by atoms with Crippen molar-refractivity contribution < 1.29 is 9.84 Å². The molecule has 0 heterocycles. The standard InChI is InChI=1S/C14H21NO2/c1-17-13-8-6-12(7-9-13)15-10-11-4-2-3-5-14(11)16/h6-9,11,14-16H,2-5,10H2,1H3/t11-,14+/m0/s1. The van der Waals surface area contributed by atoms with Crippen molar-refractivity contribution >= 4 is 5.69 Å². The number of ether oxygens (including phenoxy) is 1. The first kappa shape index (κ1) is 12.2. The van der Waals surface area contributed by atoms with Crippen molar-refractivity contribution in [1.29, 1.82) is 0 Å². The van der Waals surface area contributed by atoms with Crippen LogP contribution < -0.4 is 10.1 Å². The predicted molar refractivity (Wildman–Crippen MR) is 69.4 cm³/mol. The minimum atomic E-state index is -0.130. The molecule has 1 fully saturated rings. The molecule has 0 aliphatic heterocycles. The van der Waals surface area contributed by atoms with E-state index in [2.05, 4.69) is 5.32 Å². The van der Waals surface area contributed by atoms with Crippen LogP contribution in [0.5, 0.6) is 5.75 Å². The van der Waals surface area contributed by atoms with Crippen LogP contribution in [0, 0.1) is 5.92 Å². The maximum Gasteiger partial charge on any atom is 0.119 e. The van der Waals surface area contributed by atoms with Crippen LogP contribution in [-0.4, -0.2) is 24.9 Å². The van der Waals surface area contributed by atoms with Crippen molar-refractivity contribution in [2.75, 3.05) is 19.0 Å². The summed E-state index contributed by atoms with van der Waals surface area (Å²) in [5.41, 5.74) is 1.09. The predicted octanol–water partition coefficient (Wildman–Crippen LogP) is 2.66. The maximum atomic E-state index is 9.87. The lowest BCUT2D eigenvalue weighted by Gasteiger charge is -2.28. The number of aliphatic hydroxyl groups is 1. The Balaban J connectivity index is 1.84. The van der Waals surface area contributed by atoms with E-state index < -0.39 is 0 Å². The van der Waals surface area contributed by atoms with E-state index in [0.29, 0.717) is 5.92 Å². The zero-order valence-corrected chi connectivity index (χ0v) is 10.4. The molecule has 0 saturated heterocycles. The highest BCUT2D eigenvalue weighted by Gasteiger charge is 2.22. The van der Waals surface area contributed by atoms with Gasteiger partial charge in [-0.2, -0.15) is 0 Å². The molecule has 0 aromatic heterocycles. The topological polar surface area (TPSA) is 41.5 Å². The van der Waals surface area contributed by atoms with Gasteiger partial charge in [0.2, 0.25) is 0 Å².